The molecule has 0 atom stereocenters. The van der Waals surface area contributed by atoms with Crippen LogP contribution in [0.4, 0.5) is 0 Å². The van der Waals surface area contributed by atoms with Gasteiger partial charge in [0.25, 0.3) is 0 Å². The fraction of sp³-hybridized carbons (Fsp3) is 0.0588. The maximum atomic E-state index is 3.53. The van der Waals surface area contributed by atoms with Gasteiger partial charge in [-0.15, -0.1) is 23.9 Å². The Morgan fingerprint density at radius 3 is 2.63 bits per heavy atom. The summed E-state index contributed by atoms with van der Waals surface area (Å²) < 4.78 is 2.33. The zero-order chi connectivity index (χ0) is 12.7. The Morgan fingerprint density at radius 1 is 0.947 bits per heavy atom. The summed E-state index contributed by atoms with van der Waals surface area (Å²) in [5, 5.41) is 2.62. The van der Waals surface area contributed by atoms with Crippen LogP contribution < -0.4 is 0 Å². The van der Waals surface area contributed by atoms with E-state index in [1.54, 1.807) is 0 Å². The highest BCUT2D eigenvalue weighted by molar-refractivity contribution is 8.00. The lowest BCUT2D eigenvalue weighted by molar-refractivity contribution is 1.04. The van der Waals surface area contributed by atoms with Crippen molar-refractivity contribution in [2.75, 3.05) is 5.75 Å². The van der Waals surface area contributed by atoms with Crippen molar-refractivity contribution in [1.82, 2.24) is 4.57 Å². The van der Waals surface area contributed by atoms with Crippen LogP contribution in [0.2, 0.25) is 0 Å². The molecular formula is C17H12NS-. The summed E-state index contributed by atoms with van der Waals surface area (Å²) in [5.41, 5.74) is 3.66. The van der Waals surface area contributed by atoms with Crippen LogP contribution in [0.1, 0.15) is 5.56 Å². The van der Waals surface area contributed by atoms with Gasteiger partial charge in [-0.2, -0.15) is 23.8 Å². The van der Waals surface area contributed by atoms with E-state index in [9.17, 15) is 0 Å². The molecule has 0 radical (unpaired) electrons. The van der Waals surface area contributed by atoms with Crippen molar-refractivity contribution in [3.63, 3.8) is 0 Å². The lowest BCUT2D eigenvalue weighted by Gasteiger charge is -2.09. The van der Waals surface area contributed by atoms with E-state index in [0.29, 0.717) is 0 Å². The third kappa shape index (κ3) is 1.80. The normalized spacial score (nSPS) is 16.1. The number of nitrogens with zero attached hydrogens (tertiary/aromatic N) is 1. The van der Waals surface area contributed by atoms with Crippen molar-refractivity contribution in [2.45, 2.75) is 5.03 Å². The number of hydrogen-bond acceptors (Lipinski definition) is 1. The Balaban J connectivity index is 1.90. The molecule has 2 heteroatoms. The predicted molar refractivity (Wildman–Crippen MR) is 81.2 cm³/mol. The zero-order valence-electron chi connectivity index (χ0n) is 10.3. The maximum absolute atomic E-state index is 3.53. The molecule has 1 aliphatic rings. The largest absolute Gasteiger partial charge is 0.320 e. The van der Waals surface area contributed by atoms with Crippen LogP contribution in [0.3, 0.4) is 0 Å². The minimum Gasteiger partial charge on any atom is -0.320 e. The smallest absolute Gasteiger partial charge is 0.0796 e. The van der Waals surface area contributed by atoms with Gasteiger partial charge in [0.15, 0.2) is 0 Å². The van der Waals surface area contributed by atoms with Crippen LogP contribution >= 0.6 is 11.8 Å². The van der Waals surface area contributed by atoms with Gasteiger partial charge in [-0.1, -0.05) is 24.3 Å². The van der Waals surface area contributed by atoms with Gasteiger partial charge in [-0.25, -0.2) is 0 Å². The average molecular weight is 262 g/mol. The Labute approximate surface area is 116 Å². The summed E-state index contributed by atoms with van der Waals surface area (Å²) in [4.78, 5) is 0. The first kappa shape index (κ1) is 10.9. The van der Waals surface area contributed by atoms with E-state index in [2.05, 4.69) is 65.2 Å². The lowest BCUT2D eigenvalue weighted by Crippen LogP contribution is -1.93. The van der Waals surface area contributed by atoms with Gasteiger partial charge in [0.1, 0.15) is 0 Å². The quantitative estimate of drug-likeness (QED) is 0.587. The van der Waals surface area contributed by atoms with Crippen LogP contribution in [0, 0.1) is 6.08 Å². The first-order valence-corrected chi connectivity index (χ1v) is 7.32. The van der Waals surface area contributed by atoms with Gasteiger partial charge in [0, 0.05) is 11.1 Å². The second kappa shape index (κ2) is 4.32. The van der Waals surface area contributed by atoms with Gasteiger partial charge >= 0.3 is 0 Å². The minimum absolute atomic E-state index is 0.995. The Morgan fingerprint density at radius 2 is 1.74 bits per heavy atom. The number of thioether (sulfide) groups is 1. The molecular weight excluding hydrogens is 250 g/mol. The fourth-order valence-electron chi connectivity index (χ4n) is 2.50. The van der Waals surface area contributed by atoms with E-state index >= 15 is 0 Å². The molecule has 2 heterocycles. The van der Waals surface area contributed by atoms with Crippen molar-refractivity contribution >= 4 is 28.4 Å². The van der Waals surface area contributed by atoms with Crippen LogP contribution in [-0.4, -0.2) is 10.3 Å². The fourth-order valence-corrected chi connectivity index (χ4v) is 3.53. The third-order valence-electron chi connectivity index (χ3n) is 3.37. The first-order valence-electron chi connectivity index (χ1n) is 6.33. The van der Waals surface area contributed by atoms with E-state index in [1.165, 1.54) is 21.6 Å². The molecule has 0 amide bonds. The van der Waals surface area contributed by atoms with E-state index in [4.69, 9.17) is 0 Å². The Kier molecular flexibility index (Phi) is 2.49. The van der Waals surface area contributed by atoms with Crippen LogP contribution in [0.25, 0.3) is 16.6 Å². The van der Waals surface area contributed by atoms with Crippen LogP contribution in [0.15, 0.2) is 65.7 Å². The summed E-state index contributed by atoms with van der Waals surface area (Å²) in [6.07, 6.45) is 3.53. The number of fused-ring (bicyclic) bond motifs is 3. The Hall–Kier alpha value is -1.93. The molecule has 3 aromatic rings. The third-order valence-corrected chi connectivity index (χ3v) is 4.38. The van der Waals surface area contributed by atoms with Crippen molar-refractivity contribution in [3.05, 3.63) is 72.3 Å². The van der Waals surface area contributed by atoms with E-state index < -0.39 is 0 Å². The standard InChI is InChI=1S/C17H12NS/c1-2-6-13(7-3-1)10-15-12-19-17-11-14-8-4-5-9-16(14)18(15)17/h1-9,11H,12H2/q-1. The maximum Gasteiger partial charge on any atom is 0.0796 e. The molecule has 92 valence electrons. The minimum atomic E-state index is 0.995. The van der Waals surface area contributed by atoms with E-state index in [0.717, 1.165) is 11.3 Å². The monoisotopic (exact) mass is 262 g/mol. The number of benzene rings is 2. The second-order valence-electron chi connectivity index (χ2n) is 4.60. The van der Waals surface area contributed by atoms with Crippen molar-refractivity contribution in [2.24, 2.45) is 0 Å². The summed E-state index contributed by atoms with van der Waals surface area (Å²) in [6, 6.07) is 21.1. The summed E-state index contributed by atoms with van der Waals surface area (Å²) in [6.45, 7) is 0. The number of para-hydroxylation sites is 1. The van der Waals surface area contributed by atoms with Crippen molar-refractivity contribution < 1.29 is 0 Å². The molecule has 0 aliphatic carbocycles. The van der Waals surface area contributed by atoms with Crippen LogP contribution in [0.5, 0.6) is 0 Å². The molecule has 19 heavy (non-hydrogen) atoms. The highest BCUT2D eigenvalue weighted by atomic mass is 32.2. The molecule has 0 fully saturated rings. The van der Waals surface area contributed by atoms with Gasteiger partial charge in [-0.05, 0) is 17.8 Å². The van der Waals surface area contributed by atoms with Crippen LogP contribution in [-0.2, 0) is 0 Å². The topological polar surface area (TPSA) is 4.93 Å². The average Bonchev–Trinajstić information content (AvgIpc) is 3.00. The number of aromatic nitrogens is 1. The molecule has 1 aliphatic heterocycles. The molecule has 0 N–H and O–H groups in total. The summed E-state index contributed by atoms with van der Waals surface area (Å²) >= 11 is 1.88. The second-order valence-corrected chi connectivity index (χ2v) is 5.60. The molecule has 2 aromatic carbocycles. The molecule has 4 rings (SSSR count). The molecule has 1 aromatic heterocycles. The summed E-state index contributed by atoms with van der Waals surface area (Å²) in [7, 11) is 0. The molecule has 0 saturated heterocycles. The molecule has 0 bridgehead atoms. The van der Waals surface area contributed by atoms with Gasteiger partial charge < -0.3 is 4.57 Å². The number of hydrogen-bond donors (Lipinski definition) is 0. The molecule has 0 saturated carbocycles. The van der Waals surface area contributed by atoms with Gasteiger partial charge in [0.05, 0.1) is 10.5 Å². The first-order chi connectivity index (χ1) is 9.42. The highest BCUT2D eigenvalue weighted by Gasteiger charge is 2.17. The van der Waals surface area contributed by atoms with Gasteiger partial charge in [-0.3, -0.25) is 0 Å². The van der Waals surface area contributed by atoms with Crippen molar-refractivity contribution in [1.29, 1.82) is 0 Å². The number of rotatable bonds is 1. The van der Waals surface area contributed by atoms with Gasteiger partial charge in [0.2, 0.25) is 0 Å². The SMILES string of the molecule is [C-](=C1CSc2cc3ccccc3n21)c1ccccc1. The molecule has 1 nitrogen and oxygen atoms in total. The summed E-state index contributed by atoms with van der Waals surface area (Å²) in [5.74, 6) is 0.995. The van der Waals surface area contributed by atoms with E-state index in [1.807, 2.05) is 17.8 Å². The van der Waals surface area contributed by atoms with Crippen molar-refractivity contribution in [3.8, 4) is 0 Å². The highest BCUT2D eigenvalue weighted by Crippen LogP contribution is 2.38. The van der Waals surface area contributed by atoms with E-state index in [-0.39, 0.29) is 0 Å². The molecule has 0 spiro atoms. The zero-order valence-corrected chi connectivity index (χ0v) is 11.2. The lowest BCUT2D eigenvalue weighted by atomic mass is 10.2. The Bertz CT molecular complexity index is 768. The predicted octanol–water partition coefficient (Wildman–Crippen LogP) is 4.44. The molecule has 0 unspecified atom stereocenters.